The number of amides is 1. The maximum absolute atomic E-state index is 13.0. The third-order valence-corrected chi connectivity index (χ3v) is 2.65. The zero-order chi connectivity index (χ0) is 16.0. The predicted molar refractivity (Wildman–Crippen MR) is 72.4 cm³/mol. The Bertz CT molecular complexity index is 518. The van der Waals surface area contributed by atoms with Crippen molar-refractivity contribution >= 4 is 11.9 Å². The Balaban J connectivity index is 2.50. The van der Waals surface area contributed by atoms with Crippen molar-refractivity contribution in [3.05, 3.63) is 30.1 Å². The van der Waals surface area contributed by atoms with E-state index in [0.29, 0.717) is 0 Å². The lowest BCUT2D eigenvalue weighted by atomic mass is 10.0. The van der Waals surface area contributed by atoms with Crippen molar-refractivity contribution in [1.82, 2.24) is 5.32 Å². The minimum atomic E-state index is -1.56. The van der Waals surface area contributed by atoms with Crippen LogP contribution in [0.15, 0.2) is 24.3 Å². The molecule has 21 heavy (non-hydrogen) atoms. The highest BCUT2D eigenvalue weighted by Crippen LogP contribution is 2.14. The fourth-order valence-electron chi connectivity index (χ4n) is 1.61. The summed E-state index contributed by atoms with van der Waals surface area (Å²) in [6.45, 7) is 2.54. The molecule has 6 nitrogen and oxygen atoms in total. The molecule has 2 unspecified atom stereocenters. The Labute approximate surface area is 121 Å². The number of hydrogen-bond acceptors (Lipinski definition) is 4. The second kappa shape index (κ2) is 7.03. The normalized spacial score (nSPS) is 14.9. The van der Waals surface area contributed by atoms with Crippen LogP contribution in [-0.4, -0.2) is 40.3 Å². The fourth-order valence-corrected chi connectivity index (χ4v) is 1.61. The van der Waals surface area contributed by atoms with Gasteiger partial charge in [0.2, 0.25) is 0 Å². The maximum atomic E-state index is 13.0. The van der Waals surface area contributed by atoms with Crippen LogP contribution in [0.3, 0.4) is 0 Å². The number of halogens is 1. The van der Waals surface area contributed by atoms with Crippen LogP contribution in [0.5, 0.6) is 5.75 Å². The lowest BCUT2D eigenvalue weighted by Crippen LogP contribution is -2.46. The van der Waals surface area contributed by atoms with Gasteiger partial charge in [0.05, 0.1) is 12.0 Å². The maximum Gasteiger partial charge on any atom is 0.306 e. The van der Waals surface area contributed by atoms with Crippen molar-refractivity contribution in [1.29, 1.82) is 0 Å². The van der Waals surface area contributed by atoms with Gasteiger partial charge in [-0.2, -0.15) is 0 Å². The SMILES string of the molecule is CC(Oc1cccc(F)c1)C(=O)NCC(C)(O)CC(=O)O. The average molecular weight is 299 g/mol. The van der Waals surface area contributed by atoms with Crippen molar-refractivity contribution in [2.45, 2.75) is 32.0 Å². The summed E-state index contributed by atoms with van der Waals surface area (Å²) in [5, 5.41) is 20.8. The highest BCUT2D eigenvalue weighted by atomic mass is 19.1. The van der Waals surface area contributed by atoms with Crippen molar-refractivity contribution in [3.63, 3.8) is 0 Å². The number of rotatable bonds is 7. The molecule has 7 heteroatoms. The molecular weight excluding hydrogens is 281 g/mol. The largest absolute Gasteiger partial charge is 0.481 e. The van der Waals surface area contributed by atoms with Gasteiger partial charge in [-0.3, -0.25) is 9.59 Å². The van der Waals surface area contributed by atoms with Crippen molar-refractivity contribution in [3.8, 4) is 5.75 Å². The number of benzene rings is 1. The highest BCUT2D eigenvalue weighted by molar-refractivity contribution is 5.80. The van der Waals surface area contributed by atoms with Crippen molar-refractivity contribution < 1.29 is 28.9 Å². The van der Waals surface area contributed by atoms with Crippen LogP contribution in [0.2, 0.25) is 0 Å². The average Bonchev–Trinajstić information content (AvgIpc) is 2.34. The Morgan fingerprint density at radius 3 is 2.71 bits per heavy atom. The first-order chi connectivity index (χ1) is 9.69. The molecular formula is C14H18FNO5. The summed E-state index contributed by atoms with van der Waals surface area (Å²) < 4.78 is 18.2. The van der Waals surface area contributed by atoms with Crippen molar-refractivity contribution in [2.24, 2.45) is 0 Å². The van der Waals surface area contributed by atoms with Crippen LogP contribution in [0.1, 0.15) is 20.3 Å². The quantitative estimate of drug-likeness (QED) is 0.696. The summed E-state index contributed by atoms with van der Waals surface area (Å²) in [4.78, 5) is 22.3. The standard InChI is InChI=1S/C14H18FNO5/c1-9(21-11-5-3-4-10(15)6-11)13(19)16-8-14(2,20)7-12(17)18/h3-6,9,20H,7-8H2,1-2H3,(H,16,19)(H,17,18). The van der Waals surface area contributed by atoms with Gasteiger partial charge in [0.15, 0.2) is 6.10 Å². The van der Waals surface area contributed by atoms with E-state index in [1.54, 1.807) is 0 Å². The molecule has 1 rings (SSSR count). The fraction of sp³-hybridized carbons (Fsp3) is 0.429. The summed E-state index contributed by atoms with van der Waals surface area (Å²) in [7, 11) is 0. The number of nitrogens with one attached hydrogen (secondary N) is 1. The van der Waals surface area contributed by atoms with E-state index < -0.39 is 35.8 Å². The predicted octanol–water partition coefficient (Wildman–Crippen LogP) is 0.935. The third-order valence-electron chi connectivity index (χ3n) is 2.65. The summed E-state index contributed by atoms with van der Waals surface area (Å²) in [6, 6.07) is 5.35. The van der Waals surface area contributed by atoms with Crippen LogP contribution in [-0.2, 0) is 9.59 Å². The molecule has 0 saturated carbocycles. The van der Waals surface area contributed by atoms with Gasteiger partial charge in [-0.05, 0) is 26.0 Å². The number of aliphatic carboxylic acids is 1. The zero-order valence-electron chi connectivity index (χ0n) is 11.8. The van der Waals surface area contributed by atoms with Gasteiger partial charge < -0.3 is 20.3 Å². The molecule has 0 aliphatic carbocycles. The van der Waals surface area contributed by atoms with Gasteiger partial charge in [-0.15, -0.1) is 0 Å². The van der Waals surface area contributed by atoms with E-state index >= 15 is 0 Å². The van der Waals surface area contributed by atoms with Gasteiger partial charge in [-0.1, -0.05) is 6.07 Å². The molecule has 0 radical (unpaired) electrons. The summed E-state index contributed by atoms with van der Waals surface area (Å²) in [6.07, 6.45) is -1.40. The molecule has 1 aromatic carbocycles. The van der Waals surface area contributed by atoms with E-state index in [2.05, 4.69) is 5.32 Å². The Morgan fingerprint density at radius 1 is 1.48 bits per heavy atom. The molecule has 0 aliphatic rings. The molecule has 116 valence electrons. The molecule has 0 bridgehead atoms. The molecule has 1 aromatic rings. The van der Waals surface area contributed by atoms with E-state index in [0.717, 1.165) is 6.07 Å². The van der Waals surface area contributed by atoms with Crippen LogP contribution in [0.4, 0.5) is 4.39 Å². The van der Waals surface area contributed by atoms with Gasteiger partial charge in [0.1, 0.15) is 11.6 Å². The van der Waals surface area contributed by atoms with E-state index in [4.69, 9.17) is 9.84 Å². The number of hydrogen-bond donors (Lipinski definition) is 3. The van der Waals surface area contributed by atoms with Crippen LogP contribution >= 0.6 is 0 Å². The number of aliphatic hydroxyl groups is 1. The zero-order valence-corrected chi connectivity index (χ0v) is 11.8. The highest BCUT2D eigenvalue weighted by Gasteiger charge is 2.26. The van der Waals surface area contributed by atoms with Crippen LogP contribution in [0, 0.1) is 5.82 Å². The number of carbonyl (C=O) groups is 2. The van der Waals surface area contributed by atoms with E-state index in [-0.39, 0.29) is 12.3 Å². The Kier molecular flexibility index (Phi) is 5.66. The first-order valence-corrected chi connectivity index (χ1v) is 6.34. The summed E-state index contributed by atoms with van der Waals surface area (Å²) >= 11 is 0. The van der Waals surface area contributed by atoms with Crippen LogP contribution in [0.25, 0.3) is 0 Å². The van der Waals surface area contributed by atoms with Gasteiger partial charge >= 0.3 is 5.97 Å². The Morgan fingerprint density at radius 2 is 2.14 bits per heavy atom. The number of ether oxygens (including phenoxy) is 1. The minimum absolute atomic E-state index is 0.204. The van der Waals surface area contributed by atoms with Gasteiger partial charge in [-0.25, -0.2) is 4.39 Å². The second-order valence-electron chi connectivity index (χ2n) is 5.00. The molecule has 2 atom stereocenters. The number of carbonyl (C=O) groups excluding carboxylic acids is 1. The first kappa shape index (κ1) is 16.9. The monoisotopic (exact) mass is 299 g/mol. The molecule has 0 heterocycles. The third kappa shape index (κ3) is 6.22. The van der Waals surface area contributed by atoms with Gasteiger partial charge in [0.25, 0.3) is 5.91 Å². The van der Waals surface area contributed by atoms with E-state index in [1.165, 1.54) is 32.0 Å². The molecule has 0 fully saturated rings. The molecule has 3 N–H and O–H groups in total. The summed E-state index contributed by atoms with van der Waals surface area (Å²) in [5.41, 5.74) is -1.56. The van der Waals surface area contributed by atoms with E-state index in [9.17, 15) is 19.1 Å². The van der Waals surface area contributed by atoms with Crippen LogP contribution < -0.4 is 10.1 Å². The lowest BCUT2D eigenvalue weighted by Gasteiger charge is -2.23. The van der Waals surface area contributed by atoms with Gasteiger partial charge in [0, 0.05) is 12.6 Å². The molecule has 0 aromatic heterocycles. The molecule has 0 saturated heterocycles. The molecule has 0 aliphatic heterocycles. The second-order valence-corrected chi connectivity index (χ2v) is 5.00. The number of carboxylic acids is 1. The lowest BCUT2D eigenvalue weighted by molar-refractivity contribution is -0.142. The first-order valence-electron chi connectivity index (χ1n) is 6.34. The topological polar surface area (TPSA) is 95.9 Å². The van der Waals surface area contributed by atoms with Crippen molar-refractivity contribution in [2.75, 3.05) is 6.54 Å². The smallest absolute Gasteiger partial charge is 0.306 e. The van der Waals surface area contributed by atoms with E-state index in [1.807, 2.05) is 0 Å². The minimum Gasteiger partial charge on any atom is -0.481 e. The number of carboxylic acid groups (broad SMARTS) is 1. The Hall–Kier alpha value is -2.15. The molecule has 1 amide bonds. The summed E-state index contributed by atoms with van der Waals surface area (Å²) in [5.74, 6) is -1.98. The molecule has 0 spiro atoms.